The Morgan fingerprint density at radius 1 is 1.27 bits per heavy atom. The van der Waals surface area contributed by atoms with Crippen LogP contribution in [0.5, 0.6) is 5.75 Å². The summed E-state index contributed by atoms with van der Waals surface area (Å²) in [6, 6.07) is 10.7. The Balaban J connectivity index is 1.47. The summed E-state index contributed by atoms with van der Waals surface area (Å²) in [5.74, 6) is 1.21. The third-order valence-corrected chi connectivity index (χ3v) is 4.72. The lowest BCUT2D eigenvalue weighted by atomic mass is 10.1. The van der Waals surface area contributed by atoms with E-state index in [1.165, 1.54) is 6.07 Å². The van der Waals surface area contributed by atoms with E-state index >= 15 is 0 Å². The fourth-order valence-electron chi connectivity index (χ4n) is 3.16. The van der Waals surface area contributed by atoms with E-state index in [0.717, 1.165) is 18.4 Å². The number of amides is 1. The van der Waals surface area contributed by atoms with Gasteiger partial charge in [-0.15, -0.1) is 0 Å². The number of hydrogen-bond acceptors (Lipinski definition) is 4. The van der Waals surface area contributed by atoms with Crippen molar-refractivity contribution in [3.8, 4) is 5.75 Å². The number of carbonyl (C=O) groups is 1. The lowest BCUT2D eigenvalue weighted by molar-refractivity contribution is -0.132. The number of hydrogen-bond donors (Lipinski definition) is 0. The molecule has 0 spiro atoms. The van der Waals surface area contributed by atoms with Crippen LogP contribution in [0.2, 0.25) is 5.02 Å². The van der Waals surface area contributed by atoms with Gasteiger partial charge in [-0.05, 0) is 31.0 Å². The van der Waals surface area contributed by atoms with Crippen LogP contribution in [-0.2, 0) is 11.2 Å². The van der Waals surface area contributed by atoms with E-state index < -0.39 is 5.63 Å². The molecule has 1 saturated heterocycles. The van der Waals surface area contributed by atoms with Gasteiger partial charge in [-0.25, -0.2) is 4.79 Å². The van der Waals surface area contributed by atoms with Crippen molar-refractivity contribution in [1.29, 1.82) is 0 Å². The Labute approximate surface area is 157 Å². The first-order chi connectivity index (χ1) is 12.5. The summed E-state index contributed by atoms with van der Waals surface area (Å²) in [5, 5.41) is 0.693. The number of halogens is 1. The van der Waals surface area contributed by atoms with Gasteiger partial charge in [-0.1, -0.05) is 23.7 Å². The Morgan fingerprint density at radius 2 is 2.04 bits per heavy atom. The number of ether oxygens (including phenoxy) is 1. The van der Waals surface area contributed by atoms with Crippen molar-refractivity contribution in [2.75, 3.05) is 13.1 Å². The van der Waals surface area contributed by atoms with E-state index in [1.54, 1.807) is 13.0 Å². The van der Waals surface area contributed by atoms with Gasteiger partial charge in [0, 0.05) is 43.4 Å². The van der Waals surface area contributed by atoms with E-state index in [0.29, 0.717) is 42.5 Å². The van der Waals surface area contributed by atoms with Crippen molar-refractivity contribution < 1.29 is 13.9 Å². The SMILES string of the molecule is Cc1cc(OC2CCN(C(=O)CCc3cccc(Cl)c3)CC2)cc(=O)o1. The average molecular weight is 376 g/mol. The summed E-state index contributed by atoms with van der Waals surface area (Å²) in [6.45, 7) is 3.05. The largest absolute Gasteiger partial charge is 0.490 e. The summed E-state index contributed by atoms with van der Waals surface area (Å²) in [5.41, 5.74) is 0.663. The fraction of sp³-hybridized carbons (Fsp3) is 0.400. The average Bonchev–Trinajstić information content (AvgIpc) is 2.59. The monoisotopic (exact) mass is 375 g/mol. The maximum absolute atomic E-state index is 12.4. The van der Waals surface area contributed by atoms with Crippen LogP contribution in [0.3, 0.4) is 0 Å². The summed E-state index contributed by atoms with van der Waals surface area (Å²) < 4.78 is 10.8. The van der Waals surface area contributed by atoms with Crippen molar-refractivity contribution in [3.05, 3.63) is 63.2 Å². The van der Waals surface area contributed by atoms with E-state index in [-0.39, 0.29) is 12.0 Å². The number of rotatable bonds is 5. The molecule has 6 heteroatoms. The fourth-order valence-corrected chi connectivity index (χ4v) is 3.37. The Kier molecular flexibility index (Phi) is 5.99. The second kappa shape index (κ2) is 8.41. The predicted molar refractivity (Wildman–Crippen MR) is 99.7 cm³/mol. The lowest BCUT2D eigenvalue weighted by Gasteiger charge is -2.32. The van der Waals surface area contributed by atoms with Crippen LogP contribution < -0.4 is 10.4 Å². The van der Waals surface area contributed by atoms with Gasteiger partial charge in [0.05, 0.1) is 6.07 Å². The highest BCUT2D eigenvalue weighted by molar-refractivity contribution is 6.30. The number of piperidine rings is 1. The predicted octanol–water partition coefficient (Wildman–Crippen LogP) is 3.60. The molecule has 0 saturated carbocycles. The molecule has 0 atom stereocenters. The van der Waals surface area contributed by atoms with Crippen LogP contribution in [0.15, 0.2) is 45.6 Å². The number of likely N-dealkylation sites (tertiary alicyclic amines) is 1. The summed E-state index contributed by atoms with van der Waals surface area (Å²) in [4.78, 5) is 25.7. The van der Waals surface area contributed by atoms with Crippen LogP contribution in [0, 0.1) is 6.92 Å². The topological polar surface area (TPSA) is 59.8 Å². The number of nitrogens with zero attached hydrogens (tertiary/aromatic N) is 1. The molecule has 1 fully saturated rings. The third kappa shape index (κ3) is 5.11. The van der Waals surface area contributed by atoms with Crippen LogP contribution >= 0.6 is 11.6 Å². The molecule has 5 nitrogen and oxygen atoms in total. The molecule has 1 aliphatic rings. The Bertz CT molecular complexity index is 825. The van der Waals surface area contributed by atoms with Crippen molar-refractivity contribution >= 4 is 17.5 Å². The molecule has 2 heterocycles. The van der Waals surface area contributed by atoms with E-state index in [4.69, 9.17) is 20.8 Å². The van der Waals surface area contributed by atoms with Gasteiger partial charge in [-0.2, -0.15) is 0 Å². The molecule has 3 rings (SSSR count). The van der Waals surface area contributed by atoms with Gasteiger partial charge in [0.2, 0.25) is 5.91 Å². The first kappa shape index (κ1) is 18.5. The highest BCUT2D eigenvalue weighted by Crippen LogP contribution is 2.20. The third-order valence-electron chi connectivity index (χ3n) is 4.48. The lowest BCUT2D eigenvalue weighted by Crippen LogP contribution is -2.41. The van der Waals surface area contributed by atoms with Gasteiger partial charge in [0.15, 0.2) is 0 Å². The molecule has 1 aromatic carbocycles. The minimum atomic E-state index is -0.409. The van der Waals surface area contributed by atoms with Crippen LogP contribution in [-0.4, -0.2) is 30.0 Å². The van der Waals surface area contributed by atoms with Gasteiger partial charge in [-0.3, -0.25) is 4.79 Å². The molecule has 26 heavy (non-hydrogen) atoms. The second-order valence-electron chi connectivity index (χ2n) is 6.55. The molecule has 1 amide bonds. The maximum Gasteiger partial charge on any atom is 0.339 e. The van der Waals surface area contributed by atoms with E-state index in [1.807, 2.05) is 29.2 Å². The zero-order valence-corrected chi connectivity index (χ0v) is 15.5. The standard InChI is InChI=1S/C20H22ClNO4/c1-14-11-18(13-20(24)25-14)26-17-7-9-22(10-8-17)19(23)6-5-15-3-2-4-16(21)12-15/h2-4,11-13,17H,5-10H2,1H3. The molecule has 1 aromatic heterocycles. The quantitative estimate of drug-likeness (QED) is 0.801. The molecule has 2 aromatic rings. The second-order valence-corrected chi connectivity index (χ2v) is 6.99. The van der Waals surface area contributed by atoms with E-state index in [9.17, 15) is 9.59 Å². The molecule has 0 radical (unpaired) electrons. The highest BCUT2D eigenvalue weighted by atomic mass is 35.5. The zero-order valence-electron chi connectivity index (χ0n) is 14.7. The molecular formula is C20H22ClNO4. The molecule has 1 aliphatic heterocycles. The van der Waals surface area contributed by atoms with Gasteiger partial charge < -0.3 is 14.1 Å². The van der Waals surface area contributed by atoms with Crippen LogP contribution in [0.4, 0.5) is 0 Å². The maximum atomic E-state index is 12.4. The van der Waals surface area contributed by atoms with Gasteiger partial charge in [0.25, 0.3) is 0 Å². The van der Waals surface area contributed by atoms with Gasteiger partial charge >= 0.3 is 5.63 Å². The zero-order chi connectivity index (χ0) is 18.5. The van der Waals surface area contributed by atoms with Crippen molar-refractivity contribution in [1.82, 2.24) is 4.90 Å². The minimum absolute atomic E-state index is 0.00757. The van der Waals surface area contributed by atoms with Crippen molar-refractivity contribution in [2.45, 2.75) is 38.7 Å². The Hall–Kier alpha value is -2.27. The summed E-state index contributed by atoms with van der Waals surface area (Å²) in [7, 11) is 0. The number of benzene rings is 1. The van der Waals surface area contributed by atoms with Gasteiger partial charge in [0.1, 0.15) is 17.6 Å². The molecule has 0 N–H and O–H groups in total. The normalized spacial score (nSPS) is 15.1. The molecular weight excluding hydrogens is 354 g/mol. The van der Waals surface area contributed by atoms with E-state index in [2.05, 4.69) is 0 Å². The first-order valence-corrected chi connectivity index (χ1v) is 9.18. The first-order valence-electron chi connectivity index (χ1n) is 8.80. The molecule has 138 valence electrons. The highest BCUT2D eigenvalue weighted by Gasteiger charge is 2.24. The Morgan fingerprint density at radius 3 is 2.73 bits per heavy atom. The summed E-state index contributed by atoms with van der Waals surface area (Å²) in [6.07, 6.45) is 2.68. The smallest absolute Gasteiger partial charge is 0.339 e. The molecule has 0 bridgehead atoms. The van der Waals surface area contributed by atoms with Crippen molar-refractivity contribution in [3.63, 3.8) is 0 Å². The molecule has 0 unspecified atom stereocenters. The number of carbonyl (C=O) groups excluding carboxylic acids is 1. The number of aryl methyl sites for hydroxylation is 2. The van der Waals surface area contributed by atoms with Crippen molar-refractivity contribution in [2.24, 2.45) is 0 Å². The van der Waals surface area contributed by atoms with Crippen LogP contribution in [0.1, 0.15) is 30.6 Å². The summed E-state index contributed by atoms with van der Waals surface area (Å²) >= 11 is 5.98. The minimum Gasteiger partial charge on any atom is -0.490 e. The van der Waals surface area contributed by atoms with Crippen LogP contribution in [0.25, 0.3) is 0 Å². The molecule has 0 aliphatic carbocycles.